The van der Waals surface area contributed by atoms with Gasteiger partial charge in [-0.1, -0.05) is 0 Å². The molecule has 0 unspecified atom stereocenters. The second kappa shape index (κ2) is 5.94. The molecule has 0 aliphatic rings. The second-order valence-electron chi connectivity index (χ2n) is 1.71. The minimum atomic E-state index is -0.179. The maximum absolute atomic E-state index is 12.2. The zero-order chi connectivity index (χ0) is 7.11. The first kappa shape index (κ1) is 8.81. The minimum Gasteiger partial charge on any atom is -0.396 e. The standard InChI is InChI=1S/C5H12FNO2/c6-7(3-5-9)2-1-4-8/h8-9H,1-5H2. The van der Waals surface area contributed by atoms with Gasteiger partial charge in [0.05, 0.1) is 13.2 Å². The summed E-state index contributed by atoms with van der Waals surface area (Å²) in [6, 6.07) is 0. The first-order valence-corrected chi connectivity index (χ1v) is 2.93. The molecule has 0 bridgehead atoms. The Labute approximate surface area is 53.6 Å². The Bertz CT molecular complexity index is 62.9. The molecule has 0 aliphatic carbocycles. The smallest absolute Gasteiger partial charge is 0.0584 e. The molecule has 0 aliphatic heterocycles. The summed E-state index contributed by atoms with van der Waals surface area (Å²) in [4.78, 5) is 0. The Balaban J connectivity index is 2.95. The van der Waals surface area contributed by atoms with Crippen LogP contribution in [0.15, 0.2) is 0 Å². The first-order chi connectivity index (χ1) is 4.31. The van der Waals surface area contributed by atoms with Crippen molar-refractivity contribution in [2.75, 3.05) is 26.3 Å². The van der Waals surface area contributed by atoms with Crippen LogP contribution in [0.3, 0.4) is 0 Å². The number of nitrogens with zero attached hydrogens (tertiary/aromatic N) is 1. The molecule has 0 fully saturated rings. The largest absolute Gasteiger partial charge is 0.396 e. The monoisotopic (exact) mass is 137 g/mol. The molecular weight excluding hydrogens is 125 g/mol. The summed E-state index contributed by atoms with van der Waals surface area (Å²) in [5.74, 6) is 0. The molecule has 0 spiro atoms. The van der Waals surface area contributed by atoms with E-state index in [0.717, 1.165) is 0 Å². The van der Waals surface area contributed by atoms with E-state index in [1.165, 1.54) is 0 Å². The van der Waals surface area contributed by atoms with Crippen molar-refractivity contribution in [3.05, 3.63) is 0 Å². The van der Waals surface area contributed by atoms with Crippen LogP contribution in [-0.4, -0.2) is 41.6 Å². The van der Waals surface area contributed by atoms with Crippen LogP contribution in [-0.2, 0) is 0 Å². The average molecular weight is 137 g/mol. The molecule has 0 radical (unpaired) electrons. The van der Waals surface area contributed by atoms with E-state index in [0.29, 0.717) is 11.5 Å². The summed E-state index contributed by atoms with van der Waals surface area (Å²) in [7, 11) is 0. The molecule has 0 saturated carbocycles. The van der Waals surface area contributed by atoms with Gasteiger partial charge in [0.1, 0.15) is 0 Å². The van der Waals surface area contributed by atoms with Gasteiger partial charge in [-0.2, -0.15) is 0 Å². The first-order valence-electron chi connectivity index (χ1n) is 2.93. The highest BCUT2D eigenvalue weighted by molar-refractivity contribution is 4.42. The Morgan fingerprint density at radius 3 is 2.22 bits per heavy atom. The summed E-state index contributed by atoms with van der Waals surface area (Å²) in [5.41, 5.74) is 0. The molecule has 0 amide bonds. The molecular formula is C5H12FNO2. The minimum absolute atomic E-state index is 0.00809. The van der Waals surface area contributed by atoms with Crippen molar-refractivity contribution in [1.29, 1.82) is 0 Å². The molecule has 9 heavy (non-hydrogen) atoms. The molecule has 0 aromatic carbocycles. The number of hydrogen-bond acceptors (Lipinski definition) is 3. The van der Waals surface area contributed by atoms with Crippen LogP contribution in [0.1, 0.15) is 6.42 Å². The molecule has 0 heterocycles. The zero-order valence-electron chi connectivity index (χ0n) is 5.26. The average Bonchev–Trinajstić information content (AvgIpc) is 1.85. The van der Waals surface area contributed by atoms with Gasteiger partial charge in [0.25, 0.3) is 0 Å². The second-order valence-corrected chi connectivity index (χ2v) is 1.71. The van der Waals surface area contributed by atoms with Gasteiger partial charge in [0.2, 0.25) is 0 Å². The zero-order valence-corrected chi connectivity index (χ0v) is 5.26. The number of halogens is 1. The van der Waals surface area contributed by atoms with E-state index in [9.17, 15) is 4.48 Å². The lowest BCUT2D eigenvalue weighted by atomic mass is 10.4. The van der Waals surface area contributed by atoms with Crippen LogP contribution < -0.4 is 0 Å². The van der Waals surface area contributed by atoms with Crippen molar-refractivity contribution in [2.24, 2.45) is 0 Å². The van der Waals surface area contributed by atoms with Crippen LogP contribution in [0.5, 0.6) is 0 Å². The van der Waals surface area contributed by atoms with Gasteiger partial charge in [-0.05, 0) is 6.42 Å². The van der Waals surface area contributed by atoms with Gasteiger partial charge >= 0.3 is 0 Å². The van der Waals surface area contributed by atoms with Gasteiger partial charge in [0, 0.05) is 13.2 Å². The molecule has 0 saturated heterocycles. The quantitative estimate of drug-likeness (QED) is 0.504. The van der Waals surface area contributed by atoms with Crippen LogP contribution in [0.4, 0.5) is 4.48 Å². The lowest BCUT2D eigenvalue weighted by Gasteiger charge is -2.07. The third kappa shape index (κ3) is 5.68. The van der Waals surface area contributed by atoms with Gasteiger partial charge in [-0.3, -0.25) is 0 Å². The number of aliphatic hydroxyl groups is 2. The molecule has 4 heteroatoms. The highest BCUT2D eigenvalue weighted by Crippen LogP contribution is 1.89. The predicted octanol–water partition coefficient (Wildman–Crippen LogP) is -0.452. The Kier molecular flexibility index (Phi) is 5.81. The highest BCUT2D eigenvalue weighted by atomic mass is 19.2. The fraction of sp³-hybridized carbons (Fsp3) is 1.00. The van der Waals surface area contributed by atoms with E-state index in [2.05, 4.69) is 0 Å². The molecule has 0 rings (SSSR count). The van der Waals surface area contributed by atoms with Gasteiger partial charge in [0.15, 0.2) is 0 Å². The Hall–Kier alpha value is -0.190. The van der Waals surface area contributed by atoms with Crippen molar-refractivity contribution in [1.82, 2.24) is 5.12 Å². The topological polar surface area (TPSA) is 43.7 Å². The van der Waals surface area contributed by atoms with Crippen LogP contribution >= 0.6 is 0 Å². The van der Waals surface area contributed by atoms with Crippen LogP contribution in [0.2, 0.25) is 0 Å². The van der Waals surface area contributed by atoms with Crippen LogP contribution in [0.25, 0.3) is 0 Å². The van der Waals surface area contributed by atoms with Crippen molar-refractivity contribution < 1.29 is 14.7 Å². The van der Waals surface area contributed by atoms with Crippen molar-refractivity contribution >= 4 is 0 Å². The molecule has 56 valence electrons. The molecule has 0 aromatic rings. The van der Waals surface area contributed by atoms with Crippen molar-refractivity contribution in [2.45, 2.75) is 6.42 Å². The predicted molar refractivity (Wildman–Crippen MR) is 31.5 cm³/mol. The third-order valence-electron chi connectivity index (χ3n) is 0.901. The third-order valence-corrected chi connectivity index (χ3v) is 0.901. The number of rotatable bonds is 5. The van der Waals surface area contributed by atoms with E-state index in [1.54, 1.807) is 0 Å². The van der Waals surface area contributed by atoms with Crippen LogP contribution in [0, 0.1) is 0 Å². The molecule has 2 N–H and O–H groups in total. The van der Waals surface area contributed by atoms with E-state index in [4.69, 9.17) is 10.2 Å². The number of hydrogen-bond donors (Lipinski definition) is 2. The summed E-state index contributed by atoms with van der Waals surface area (Å²) in [6.45, 7) is 0.0326. The van der Waals surface area contributed by atoms with E-state index in [-0.39, 0.29) is 26.3 Å². The fourth-order valence-corrected chi connectivity index (χ4v) is 0.463. The molecule has 0 atom stereocenters. The van der Waals surface area contributed by atoms with E-state index < -0.39 is 0 Å². The van der Waals surface area contributed by atoms with Gasteiger partial charge < -0.3 is 10.2 Å². The summed E-state index contributed by atoms with van der Waals surface area (Å²) < 4.78 is 12.2. The lowest BCUT2D eigenvalue weighted by Crippen LogP contribution is -2.19. The van der Waals surface area contributed by atoms with Crippen molar-refractivity contribution in [3.8, 4) is 0 Å². The Morgan fingerprint density at radius 1 is 1.11 bits per heavy atom. The summed E-state index contributed by atoms with van der Waals surface area (Å²) in [6.07, 6.45) is 0.413. The maximum Gasteiger partial charge on any atom is 0.0584 e. The highest BCUT2D eigenvalue weighted by Gasteiger charge is 1.98. The normalized spacial score (nSPS) is 10.7. The lowest BCUT2D eigenvalue weighted by molar-refractivity contribution is 0.00443. The van der Waals surface area contributed by atoms with E-state index >= 15 is 0 Å². The van der Waals surface area contributed by atoms with E-state index in [1.807, 2.05) is 0 Å². The number of aliphatic hydroxyl groups excluding tert-OH is 2. The van der Waals surface area contributed by atoms with Gasteiger partial charge in [-0.25, -0.2) is 0 Å². The SMILES string of the molecule is OCCCN(F)CCO. The van der Waals surface area contributed by atoms with Crippen molar-refractivity contribution in [3.63, 3.8) is 0 Å². The molecule has 3 nitrogen and oxygen atoms in total. The summed E-state index contributed by atoms with van der Waals surface area (Å²) in [5, 5.41) is 16.9. The summed E-state index contributed by atoms with van der Waals surface area (Å²) >= 11 is 0. The van der Waals surface area contributed by atoms with Gasteiger partial charge in [-0.15, -0.1) is 9.60 Å². The Morgan fingerprint density at radius 2 is 1.78 bits per heavy atom. The maximum atomic E-state index is 12.2. The fourth-order valence-electron chi connectivity index (χ4n) is 0.463. The molecule has 0 aromatic heterocycles.